The molecule has 0 radical (unpaired) electrons. The molecule has 0 saturated carbocycles. The zero-order valence-corrected chi connectivity index (χ0v) is 11.2. The lowest BCUT2D eigenvalue weighted by Gasteiger charge is -2.14. The summed E-state index contributed by atoms with van der Waals surface area (Å²) < 4.78 is 10.5. The largest absolute Gasteiger partial charge is 0.507 e. The second-order valence-corrected chi connectivity index (χ2v) is 5.07. The van der Waals surface area contributed by atoms with E-state index in [1.807, 2.05) is 13.0 Å². The lowest BCUT2D eigenvalue weighted by Crippen LogP contribution is -2.09. The quantitative estimate of drug-likeness (QED) is 0.808. The Bertz CT molecular complexity index is 772. The first kappa shape index (κ1) is 12.7. The highest BCUT2D eigenvalue weighted by Crippen LogP contribution is 2.40. The third-order valence-electron chi connectivity index (χ3n) is 3.54. The Morgan fingerprint density at radius 1 is 1.45 bits per heavy atom. The van der Waals surface area contributed by atoms with Gasteiger partial charge in [0.2, 0.25) is 0 Å². The Morgan fingerprint density at radius 3 is 2.90 bits per heavy atom. The SMILES string of the molecule is CC(=O)O[C@H]1CCc2oc(=O)c3c(O)cc(C)cc3c21. The highest BCUT2D eigenvalue weighted by atomic mass is 16.5. The topological polar surface area (TPSA) is 76.7 Å². The first-order chi connectivity index (χ1) is 9.47. The van der Waals surface area contributed by atoms with E-state index in [2.05, 4.69) is 0 Å². The van der Waals surface area contributed by atoms with Gasteiger partial charge in [-0.3, -0.25) is 4.79 Å². The van der Waals surface area contributed by atoms with Gasteiger partial charge in [-0.05, 0) is 25.0 Å². The van der Waals surface area contributed by atoms with Crippen LogP contribution in [0.25, 0.3) is 10.8 Å². The summed E-state index contributed by atoms with van der Waals surface area (Å²) in [5.41, 5.74) is 0.977. The van der Waals surface area contributed by atoms with Gasteiger partial charge in [-0.25, -0.2) is 4.79 Å². The molecule has 1 aromatic carbocycles. The molecule has 0 aliphatic heterocycles. The molecule has 0 bridgehead atoms. The molecule has 104 valence electrons. The van der Waals surface area contributed by atoms with Gasteiger partial charge in [0, 0.05) is 24.3 Å². The molecule has 1 aromatic heterocycles. The van der Waals surface area contributed by atoms with Crippen molar-refractivity contribution in [3.8, 4) is 5.75 Å². The Hall–Kier alpha value is -2.30. The van der Waals surface area contributed by atoms with E-state index >= 15 is 0 Å². The van der Waals surface area contributed by atoms with Crippen LogP contribution in [0.4, 0.5) is 0 Å². The van der Waals surface area contributed by atoms with E-state index in [0.29, 0.717) is 29.6 Å². The summed E-state index contributed by atoms with van der Waals surface area (Å²) in [5, 5.41) is 10.7. The molecule has 1 atom stereocenters. The van der Waals surface area contributed by atoms with Gasteiger partial charge in [0.15, 0.2) is 0 Å². The van der Waals surface area contributed by atoms with Crippen LogP contribution in [0.15, 0.2) is 21.3 Å². The van der Waals surface area contributed by atoms with Gasteiger partial charge in [-0.15, -0.1) is 0 Å². The van der Waals surface area contributed by atoms with E-state index < -0.39 is 11.7 Å². The number of phenols is 1. The molecule has 1 N–H and O–H groups in total. The van der Waals surface area contributed by atoms with Crippen LogP contribution in [0.3, 0.4) is 0 Å². The number of carbonyl (C=O) groups is 1. The number of aromatic hydroxyl groups is 1. The third-order valence-corrected chi connectivity index (χ3v) is 3.54. The minimum atomic E-state index is -0.556. The summed E-state index contributed by atoms with van der Waals surface area (Å²) in [4.78, 5) is 23.1. The molecule has 0 spiro atoms. The Labute approximate surface area is 114 Å². The molecule has 20 heavy (non-hydrogen) atoms. The lowest BCUT2D eigenvalue weighted by molar-refractivity contribution is -0.146. The molecule has 2 aromatic rings. The van der Waals surface area contributed by atoms with E-state index in [1.165, 1.54) is 13.0 Å². The van der Waals surface area contributed by atoms with Crippen molar-refractivity contribution in [3.05, 3.63) is 39.4 Å². The number of hydrogen-bond acceptors (Lipinski definition) is 5. The average Bonchev–Trinajstić information content (AvgIpc) is 2.70. The van der Waals surface area contributed by atoms with Crippen molar-refractivity contribution in [1.29, 1.82) is 0 Å². The van der Waals surface area contributed by atoms with Crippen molar-refractivity contribution in [2.75, 3.05) is 0 Å². The first-order valence-electron chi connectivity index (χ1n) is 6.44. The Balaban J connectivity index is 2.34. The molecule has 0 unspecified atom stereocenters. The highest BCUT2D eigenvalue weighted by molar-refractivity contribution is 5.91. The molecule has 1 aliphatic rings. The number of benzene rings is 1. The zero-order chi connectivity index (χ0) is 14.4. The predicted octanol–water partition coefficient (Wildman–Crippen LogP) is 2.36. The fourth-order valence-corrected chi connectivity index (χ4v) is 2.83. The molecule has 0 fully saturated rings. The monoisotopic (exact) mass is 274 g/mol. The van der Waals surface area contributed by atoms with Crippen LogP contribution in [-0.4, -0.2) is 11.1 Å². The molecule has 5 heteroatoms. The zero-order valence-electron chi connectivity index (χ0n) is 11.2. The van der Waals surface area contributed by atoms with Crippen molar-refractivity contribution < 1.29 is 19.1 Å². The molecular weight excluding hydrogens is 260 g/mol. The standard InChI is InChI=1S/C15H14O5/c1-7-5-9-13(10(17)6-7)15(18)20-12-4-3-11(14(9)12)19-8(2)16/h5-6,11,17H,3-4H2,1-2H3/t11-/m0/s1. The smallest absolute Gasteiger partial charge is 0.347 e. The van der Waals surface area contributed by atoms with Crippen molar-refractivity contribution in [1.82, 2.24) is 0 Å². The minimum Gasteiger partial charge on any atom is -0.507 e. The Kier molecular flexibility index (Phi) is 2.78. The van der Waals surface area contributed by atoms with Gasteiger partial charge in [-0.1, -0.05) is 6.07 Å². The summed E-state index contributed by atoms with van der Waals surface area (Å²) in [6.07, 6.45) is 0.717. The van der Waals surface area contributed by atoms with Crippen LogP contribution in [0.2, 0.25) is 0 Å². The number of carbonyl (C=O) groups excluding carboxylic acids is 1. The molecule has 1 aliphatic carbocycles. The molecule has 3 rings (SSSR count). The number of ether oxygens (including phenoxy) is 1. The van der Waals surface area contributed by atoms with Gasteiger partial charge >= 0.3 is 11.6 Å². The number of rotatable bonds is 1. The number of aryl methyl sites for hydroxylation is 2. The van der Waals surface area contributed by atoms with E-state index in [1.54, 1.807) is 0 Å². The second-order valence-electron chi connectivity index (χ2n) is 5.07. The van der Waals surface area contributed by atoms with Gasteiger partial charge in [0.05, 0.1) is 0 Å². The maximum atomic E-state index is 12.0. The van der Waals surface area contributed by atoms with Crippen LogP contribution in [0.5, 0.6) is 5.75 Å². The van der Waals surface area contributed by atoms with Crippen LogP contribution in [0.1, 0.15) is 36.3 Å². The predicted molar refractivity (Wildman–Crippen MR) is 71.7 cm³/mol. The molecule has 0 saturated heterocycles. The van der Waals surface area contributed by atoms with E-state index in [0.717, 1.165) is 5.56 Å². The minimum absolute atomic E-state index is 0.106. The summed E-state index contributed by atoms with van der Waals surface area (Å²) in [7, 11) is 0. The third kappa shape index (κ3) is 1.86. The highest BCUT2D eigenvalue weighted by Gasteiger charge is 2.31. The van der Waals surface area contributed by atoms with Gasteiger partial charge in [-0.2, -0.15) is 0 Å². The van der Waals surface area contributed by atoms with Crippen molar-refractivity contribution in [3.63, 3.8) is 0 Å². The number of esters is 1. The first-order valence-corrected chi connectivity index (χ1v) is 6.44. The summed E-state index contributed by atoms with van der Waals surface area (Å²) >= 11 is 0. The number of hydrogen-bond donors (Lipinski definition) is 1. The Morgan fingerprint density at radius 2 is 2.20 bits per heavy atom. The molecular formula is C15H14O5. The maximum absolute atomic E-state index is 12.0. The summed E-state index contributed by atoms with van der Waals surface area (Å²) in [5.74, 6) is 0.0582. The molecule has 1 heterocycles. The number of phenolic OH excluding ortho intramolecular Hbond substituents is 1. The average molecular weight is 274 g/mol. The summed E-state index contributed by atoms with van der Waals surface area (Å²) in [6.45, 7) is 3.18. The van der Waals surface area contributed by atoms with E-state index in [4.69, 9.17) is 9.15 Å². The fraction of sp³-hybridized carbons (Fsp3) is 0.333. The van der Waals surface area contributed by atoms with Crippen LogP contribution in [0, 0.1) is 6.92 Å². The van der Waals surface area contributed by atoms with Gasteiger partial charge < -0.3 is 14.3 Å². The maximum Gasteiger partial charge on any atom is 0.347 e. The van der Waals surface area contributed by atoms with Gasteiger partial charge in [0.1, 0.15) is 23.0 Å². The van der Waals surface area contributed by atoms with Crippen LogP contribution in [-0.2, 0) is 16.0 Å². The van der Waals surface area contributed by atoms with E-state index in [9.17, 15) is 14.7 Å². The van der Waals surface area contributed by atoms with E-state index in [-0.39, 0.29) is 17.1 Å². The van der Waals surface area contributed by atoms with Crippen LogP contribution < -0.4 is 5.63 Å². The fourth-order valence-electron chi connectivity index (χ4n) is 2.83. The second kappa shape index (κ2) is 4.37. The van der Waals surface area contributed by atoms with Crippen molar-refractivity contribution in [2.24, 2.45) is 0 Å². The number of fused-ring (bicyclic) bond motifs is 3. The molecule has 0 amide bonds. The summed E-state index contributed by atoms with van der Waals surface area (Å²) in [6, 6.07) is 3.33. The van der Waals surface area contributed by atoms with Crippen molar-refractivity contribution >= 4 is 16.7 Å². The van der Waals surface area contributed by atoms with Gasteiger partial charge in [0.25, 0.3) is 0 Å². The van der Waals surface area contributed by atoms with Crippen LogP contribution >= 0.6 is 0 Å². The molecule has 5 nitrogen and oxygen atoms in total. The normalized spacial score (nSPS) is 17.2. The van der Waals surface area contributed by atoms with Crippen molar-refractivity contribution in [2.45, 2.75) is 32.8 Å². The lowest BCUT2D eigenvalue weighted by atomic mass is 10.0.